The molecule has 23 heavy (non-hydrogen) atoms. The number of methoxy groups -OCH3 is 1. The monoisotopic (exact) mass is 331 g/mol. The van der Waals surface area contributed by atoms with E-state index < -0.39 is 5.92 Å². The van der Waals surface area contributed by atoms with Gasteiger partial charge < -0.3 is 4.74 Å². The standard InChI is InChI=1S/C18H21NO3S/c1-4-11-8-9-14(23-11)17-15(18(21)22-3)10(2)19-12-6-5-7-13(20)16(12)17/h8-9,15,17H,4-7H2,1-3H3/t15-,17+/m1/s1. The Labute approximate surface area is 140 Å². The molecule has 4 nitrogen and oxygen atoms in total. The Morgan fingerprint density at radius 1 is 1.39 bits per heavy atom. The molecular formula is C18H21NO3S. The van der Waals surface area contributed by atoms with Crippen LogP contribution in [-0.4, -0.2) is 24.6 Å². The van der Waals surface area contributed by atoms with Crippen molar-refractivity contribution in [2.45, 2.75) is 45.4 Å². The topological polar surface area (TPSA) is 55.7 Å². The molecule has 0 radical (unpaired) electrons. The summed E-state index contributed by atoms with van der Waals surface area (Å²) in [6.07, 6.45) is 3.15. The van der Waals surface area contributed by atoms with Crippen LogP contribution in [0.2, 0.25) is 0 Å². The molecule has 0 N–H and O–H groups in total. The summed E-state index contributed by atoms with van der Waals surface area (Å²) < 4.78 is 5.01. The van der Waals surface area contributed by atoms with Gasteiger partial charge in [-0.15, -0.1) is 11.3 Å². The van der Waals surface area contributed by atoms with Crippen molar-refractivity contribution in [2.75, 3.05) is 7.11 Å². The number of esters is 1. The number of hydrogen-bond donors (Lipinski definition) is 0. The zero-order chi connectivity index (χ0) is 16.6. The number of thiophene rings is 1. The third-order valence-corrected chi connectivity index (χ3v) is 5.94. The fraction of sp³-hybridized carbons (Fsp3) is 0.500. The Morgan fingerprint density at radius 3 is 2.83 bits per heavy atom. The Balaban J connectivity index is 2.15. The van der Waals surface area contributed by atoms with E-state index in [1.807, 2.05) is 6.92 Å². The number of aliphatic imine (C=N–C) groups is 1. The molecule has 1 aliphatic heterocycles. The van der Waals surface area contributed by atoms with Gasteiger partial charge in [-0.1, -0.05) is 6.92 Å². The van der Waals surface area contributed by atoms with Gasteiger partial charge in [0, 0.05) is 39.1 Å². The maximum Gasteiger partial charge on any atom is 0.315 e. The summed E-state index contributed by atoms with van der Waals surface area (Å²) in [6, 6.07) is 4.14. The van der Waals surface area contributed by atoms with E-state index in [2.05, 4.69) is 24.0 Å². The van der Waals surface area contributed by atoms with Crippen LogP contribution in [0.4, 0.5) is 0 Å². The molecule has 3 rings (SSSR count). The van der Waals surface area contributed by atoms with Crippen LogP contribution >= 0.6 is 11.3 Å². The van der Waals surface area contributed by atoms with Crippen molar-refractivity contribution in [1.82, 2.24) is 0 Å². The molecule has 2 atom stereocenters. The average Bonchev–Trinajstić information content (AvgIpc) is 3.02. The molecule has 0 amide bonds. The number of nitrogens with zero attached hydrogens (tertiary/aromatic N) is 1. The van der Waals surface area contributed by atoms with Gasteiger partial charge in [0.15, 0.2) is 5.78 Å². The largest absolute Gasteiger partial charge is 0.468 e. The van der Waals surface area contributed by atoms with Gasteiger partial charge in [-0.2, -0.15) is 0 Å². The van der Waals surface area contributed by atoms with Gasteiger partial charge in [-0.05, 0) is 38.3 Å². The number of hydrogen-bond acceptors (Lipinski definition) is 5. The molecule has 1 aromatic rings. The van der Waals surface area contributed by atoms with Crippen molar-refractivity contribution in [3.63, 3.8) is 0 Å². The van der Waals surface area contributed by atoms with Gasteiger partial charge >= 0.3 is 5.97 Å². The summed E-state index contributed by atoms with van der Waals surface area (Å²) in [6.45, 7) is 3.98. The molecule has 5 heteroatoms. The minimum atomic E-state index is -0.496. The lowest BCUT2D eigenvalue weighted by Crippen LogP contribution is -2.36. The number of allylic oxidation sites excluding steroid dienone is 2. The van der Waals surface area contributed by atoms with Crippen molar-refractivity contribution in [3.8, 4) is 0 Å². The van der Waals surface area contributed by atoms with E-state index in [1.54, 1.807) is 11.3 Å². The van der Waals surface area contributed by atoms with E-state index in [-0.39, 0.29) is 17.7 Å². The Morgan fingerprint density at radius 2 is 2.17 bits per heavy atom. The van der Waals surface area contributed by atoms with E-state index in [0.29, 0.717) is 6.42 Å². The minimum Gasteiger partial charge on any atom is -0.468 e. The van der Waals surface area contributed by atoms with Crippen LogP contribution in [0, 0.1) is 5.92 Å². The molecular weight excluding hydrogens is 310 g/mol. The van der Waals surface area contributed by atoms with Crippen LogP contribution in [-0.2, 0) is 20.7 Å². The lowest BCUT2D eigenvalue weighted by Gasteiger charge is -2.33. The maximum atomic E-state index is 12.6. The molecule has 0 fully saturated rings. The SMILES string of the molecule is CCc1ccc([C@@H]2C3=C(CCCC3=O)N=C(C)[C@H]2C(=O)OC)s1. The quantitative estimate of drug-likeness (QED) is 0.794. The Bertz CT molecular complexity index is 714. The van der Waals surface area contributed by atoms with Gasteiger partial charge in [0.25, 0.3) is 0 Å². The van der Waals surface area contributed by atoms with Crippen LogP contribution in [0.3, 0.4) is 0 Å². The zero-order valence-corrected chi connectivity index (χ0v) is 14.5. The first-order valence-corrected chi connectivity index (χ1v) is 8.86. The molecule has 1 aromatic heterocycles. The molecule has 0 saturated heterocycles. The van der Waals surface area contributed by atoms with Gasteiger partial charge in [-0.25, -0.2) is 0 Å². The van der Waals surface area contributed by atoms with E-state index in [0.717, 1.165) is 41.1 Å². The molecule has 2 aliphatic rings. The zero-order valence-electron chi connectivity index (χ0n) is 13.7. The molecule has 0 unspecified atom stereocenters. The molecule has 0 spiro atoms. The molecule has 0 bridgehead atoms. The highest BCUT2D eigenvalue weighted by atomic mass is 32.1. The summed E-state index contributed by atoms with van der Waals surface area (Å²) in [5, 5.41) is 0. The summed E-state index contributed by atoms with van der Waals surface area (Å²) in [5.74, 6) is -0.919. The third-order valence-electron chi connectivity index (χ3n) is 4.63. The third kappa shape index (κ3) is 2.78. The van der Waals surface area contributed by atoms with Crippen molar-refractivity contribution < 1.29 is 14.3 Å². The first-order valence-electron chi connectivity index (χ1n) is 8.04. The summed E-state index contributed by atoms with van der Waals surface area (Å²) >= 11 is 1.68. The number of carbonyl (C=O) groups excluding carboxylic acids is 2. The predicted molar refractivity (Wildman–Crippen MR) is 90.9 cm³/mol. The number of rotatable bonds is 3. The number of Topliss-reactive ketones (excluding diaryl/α,β-unsaturated/α-hetero) is 1. The minimum absolute atomic E-state index is 0.132. The summed E-state index contributed by atoms with van der Waals surface area (Å²) in [5.41, 5.74) is 2.36. The second-order valence-corrected chi connectivity index (χ2v) is 7.23. The van der Waals surface area contributed by atoms with Gasteiger partial charge in [-0.3, -0.25) is 14.6 Å². The normalized spacial score (nSPS) is 24.3. The maximum absolute atomic E-state index is 12.6. The van der Waals surface area contributed by atoms with Gasteiger partial charge in [0.1, 0.15) is 5.92 Å². The molecule has 2 heterocycles. The van der Waals surface area contributed by atoms with Crippen molar-refractivity contribution in [2.24, 2.45) is 10.9 Å². The van der Waals surface area contributed by atoms with Crippen LogP contribution in [0.5, 0.6) is 0 Å². The van der Waals surface area contributed by atoms with E-state index >= 15 is 0 Å². The molecule has 0 saturated carbocycles. The van der Waals surface area contributed by atoms with Gasteiger partial charge in [0.2, 0.25) is 0 Å². The van der Waals surface area contributed by atoms with E-state index in [9.17, 15) is 9.59 Å². The first-order chi connectivity index (χ1) is 11.1. The molecule has 122 valence electrons. The van der Waals surface area contributed by atoms with E-state index in [4.69, 9.17) is 4.74 Å². The number of ketones is 1. The lowest BCUT2D eigenvalue weighted by atomic mass is 9.74. The predicted octanol–water partition coefficient (Wildman–Crippen LogP) is 3.66. The smallest absolute Gasteiger partial charge is 0.315 e. The summed E-state index contributed by atoms with van der Waals surface area (Å²) in [7, 11) is 1.39. The average molecular weight is 331 g/mol. The van der Waals surface area contributed by atoms with Crippen LogP contribution in [0.1, 0.15) is 48.8 Å². The van der Waals surface area contributed by atoms with Crippen LogP contribution in [0.15, 0.2) is 28.4 Å². The molecule has 1 aliphatic carbocycles. The summed E-state index contributed by atoms with van der Waals surface area (Å²) in [4.78, 5) is 31.9. The fourth-order valence-corrected chi connectivity index (χ4v) is 4.60. The van der Waals surface area contributed by atoms with Gasteiger partial charge in [0.05, 0.1) is 7.11 Å². The number of ether oxygens (including phenoxy) is 1. The van der Waals surface area contributed by atoms with E-state index in [1.165, 1.54) is 12.0 Å². The highest BCUT2D eigenvalue weighted by Crippen LogP contribution is 2.45. The first kappa shape index (κ1) is 16.1. The second-order valence-electron chi connectivity index (χ2n) is 6.03. The lowest BCUT2D eigenvalue weighted by molar-refractivity contribution is -0.143. The highest BCUT2D eigenvalue weighted by Gasteiger charge is 2.43. The van der Waals surface area contributed by atoms with Crippen LogP contribution in [0.25, 0.3) is 0 Å². The highest BCUT2D eigenvalue weighted by molar-refractivity contribution is 7.12. The fourth-order valence-electron chi connectivity index (χ4n) is 3.50. The van der Waals surface area contributed by atoms with Crippen molar-refractivity contribution in [1.29, 1.82) is 0 Å². The Hall–Kier alpha value is -1.75. The van der Waals surface area contributed by atoms with Crippen molar-refractivity contribution in [3.05, 3.63) is 33.2 Å². The van der Waals surface area contributed by atoms with Crippen molar-refractivity contribution >= 4 is 28.8 Å². The number of aryl methyl sites for hydroxylation is 1. The Kier molecular flexibility index (Phi) is 4.48. The number of carbonyl (C=O) groups is 2. The molecule has 0 aromatic carbocycles. The van der Waals surface area contributed by atoms with Crippen LogP contribution < -0.4 is 0 Å². The second kappa shape index (κ2) is 6.40.